The molecule has 1 N–H and O–H groups in total. The van der Waals surface area contributed by atoms with E-state index in [0.29, 0.717) is 11.8 Å². The molecule has 0 radical (unpaired) electrons. The van der Waals surface area contributed by atoms with Crippen molar-refractivity contribution < 1.29 is 4.52 Å². The van der Waals surface area contributed by atoms with E-state index < -0.39 is 0 Å². The first kappa shape index (κ1) is 15.1. The van der Waals surface area contributed by atoms with E-state index in [1.165, 1.54) is 10.5 Å². The number of nitrogens with one attached hydrogen (secondary N) is 1. The molecular formula is C15H21N3OS. The Balaban J connectivity index is 1.85. The summed E-state index contributed by atoms with van der Waals surface area (Å²) in [4.78, 5) is 5.44. The average Bonchev–Trinajstić information content (AvgIpc) is 2.82. The second kappa shape index (κ2) is 7.45. The van der Waals surface area contributed by atoms with Gasteiger partial charge in [-0.2, -0.15) is 4.98 Å². The highest BCUT2D eigenvalue weighted by molar-refractivity contribution is 7.98. The quantitative estimate of drug-likeness (QED) is 0.792. The van der Waals surface area contributed by atoms with Crippen molar-refractivity contribution in [3.63, 3.8) is 0 Å². The summed E-state index contributed by atoms with van der Waals surface area (Å²) in [6.45, 7) is 8.19. The van der Waals surface area contributed by atoms with Gasteiger partial charge in [0.05, 0.1) is 5.75 Å². The molecule has 0 bridgehead atoms. The Morgan fingerprint density at radius 1 is 1.35 bits per heavy atom. The topological polar surface area (TPSA) is 51.0 Å². The Hall–Kier alpha value is -1.33. The van der Waals surface area contributed by atoms with Crippen LogP contribution in [0.15, 0.2) is 33.7 Å². The van der Waals surface area contributed by atoms with Gasteiger partial charge in [-0.1, -0.05) is 31.1 Å². The Bertz CT molecular complexity index is 539. The van der Waals surface area contributed by atoms with E-state index in [0.717, 1.165) is 24.7 Å². The number of thioether (sulfide) groups is 1. The standard InChI is InChI=1S/C15H21N3OS/c1-11(2)8-16-9-13-5-4-6-14(7-13)20-10-15-17-12(3)19-18-15/h4-7,11,16H,8-10H2,1-3H3. The van der Waals surface area contributed by atoms with Crippen molar-refractivity contribution in [1.82, 2.24) is 15.5 Å². The van der Waals surface area contributed by atoms with Crippen LogP contribution in [-0.4, -0.2) is 16.7 Å². The fourth-order valence-electron chi connectivity index (χ4n) is 1.80. The van der Waals surface area contributed by atoms with E-state index in [-0.39, 0.29) is 0 Å². The van der Waals surface area contributed by atoms with Crippen molar-refractivity contribution in [3.8, 4) is 0 Å². The first-order valence-electron chi connectivity index (χ1n) is 6.85. The summed E-state index contributed by atoms with van der Waals surface area (Å²) in [6.07, 6.45) is 0. The van der Waals surface area contributed by atoms with Gasteiger partial charge in [0.15, 0.2) is 5.82 Å². The monoisotopic (exact) mass is 291 g/mol. The fourth-order valence-corrected chi connectivity index (χ4v) is 2.62. The molecule has 1 aromatic heterocycles. The summed E-state index contributed by atoms with van der Waals surface area (Å²) in [5.74, 6) is 2.78. The van der Waals surface area contributed by atoms with Crippen molar-refractivity contribution in [1.29, 1.82) is 0 Å². The molecule has 0 saturated heterocycles. The van der Waals surface area contributed by atoms with Crippen LogP contribution in [0.1, 0.15) is 31.1 Å². The van der Waals surface area contributed by atoms with Crippen LogP contribution in [-0.2, 0) is 12.3 Å². The summed E-state index contributed by atoms with van der Waals surface area (Å²) in [6, 6.07) is 8.57. The predicted molar refractivity (Wildman–Crippen MR) is 81.6 cm³/mol. The van der Waals surface area contributed by atoms with Crippen LogP contribution < -0.4 is 5.32 Å². The molecule has 0 aliphatic carbocycles. The second-order valence-corrected chi connectivity index (χ2v) is 6.24. The molecule has 0 aliphatic rings. The zero-order valence-corrected chi connectivity index (χ0v) is 13.0. The van der Waals surface area contributed by atoms with Gasteiger partial charge in [0, 0.05) is 18.4 Å². The van der Waals surface area contributed by atoms with Crippen LogP contribution in [0.2, 0.25) is 0 Å². The molecule has 4 nitrogen and oxygen atoms in total. The minimum Gasteiger partial charge on any atom is -0.340 e. The summed E-state index contributed by atoms with van der Waals surface area (Å²) < 4.78 is 4.97. The van der Waals surface area contributed by atoms with Crippen molar-refractivity contribution in [2.75, 3.05) is 6.54 Å². The minimum absolute atomic E-state index is 0.618. The SMILES string of the molecule is Cc1nc(CSc2cccc(CNCC(C)C)c2)no1. The first-order chi connectivity index (χ1) is 9.63. The van der Waals surface area contributed by atoms with Crippen LogP contribution in [0, 0.1) is 12.8 Å². The first-order valence-corrected chi connectivity index (χ1v) is 7.83. The molecule has 1 heterocycles. The van der Waals surface area contributed by atoms with Gasteiger partial charge < -0.3 is 9.84 Å². The highest BCUT2D eigenvalue weighted by atomic mass is 32.2. The third-order valence-corrected chi connectivity index (χ3v) is 3.71. The molecule has 0 fully saturated rings. The number of hydrogen-bond acceptors (Lipinski definition) is 5. The molecule has 0 aliphatic heterocycles. The molecule has 20 heavy (non-hydrogen) atoms. The molecule has 0 unspecified atom stereocenters. The zero-order valence-electron chi connectivity index (χ0n) is 12.2. The van der Waals surface area contributed by atoms with E-state index in [2.05, 4.69) is 53.6 Å². The maximum atomic E-state index is 4.97. The molecule has 108 valence electrons. The van der Waals surface area contributed by atoms with Gasteiger partial charge in [0.25, 0.3) is 0 Å². The molecular weight excluding hydrogens is 270 g/mol. The minimum atomic E-state index is 0.618. The third-order valence-electron chi connectivity index (χ3n) is 2.72. The number of aromatic nitrogens is 2. The zero-order chi connectivity index (χ0) is 14.4. The lowest BCUT2D eigenvalue weighted by atomic mass is 10.2. The lowest BCUT2D eigenvalue weighted by molar-refractivity contribution is 0.389. The van der Waals surface area contributed by atoms with E-state index in [1.54, 1.807) is 11.8 Å². The Labute approximate surface area is 124 Å². The van der Waals surface area contributed by atoms with Crippen LogP contribution in [0.5, 0.6) is 0 Å². The van der Waals surface area contributed by atoms with E-state index in [9.17, 15) is 0 Å². The van der Waals surface area contributed by atoms with E-state index in [1.807, 2.05) is 6.92 Å². The van der Waals surface area contributed by atoms with Gasteiger partial charge >= 0.3 is 0 Å². The molecule has 0 saturated carbocycles. The van der Waals surface area contributed by atoms with Gasteiger partial charge in [-0.15, -0.1) is 11.8 Å². The van der Waals surface area contributed by atoms with Gasteiger partial charge in [0.2, 0.25) is 5.89 Å². The van der Waals surface area contributed by atoms with E-state index in [4.69, 9.17) is 4.52 Å². The van der Waals surface area contributed by atoms with Crippen LogP contribution in [0.4, 0.5) is 0 Å². The molecule has 2 aromatic rings. The molecule has 0 atom stereocenters. The van der Waals surface area contributed by atoms with Crippen molar-refractivity contribution in [2.24, 2.45) is 5.92 Å². The number of rotatable bonds is 7. The highest BCUT2D eigenvalue weighted by Gasteiger charge is 2.04. The maximum Gasteiger partial charge on any atom is 0.223 e. The van der Waals surface area contributed by atoms with Crippen LogP contribution >= 0.6 is 11.8 Å². The lowest BCUT2D eigenvalue weighted by Gasteiger charge is -2.08. The summed E-state index contributed by atoms with van der Waals surface area (Å²) >= 11 is 1.73. The van der Waals surface area contributed by atoms with Gasteiger partial charge in [-0.25, -0.2) is 0 Å². The normalized spacial score (nSPS) is 11.2. The highest BCUT2D eigenvalue weighted by Crippen LogP contribution is 2.22. The fraction of sp³-hybridized carbons (Fsp3) is 0.467. The van der Waals surface area contributed by atoms with Crippen molar-refractivity contribution >= 4 is 11.8 Å². The lowest BCUT2D eigenvalue weighted by Crippen LogP contribution is -2.18. The number of benzene rings is 1. The van der Waals surface area contributed by atoms with Gasteiger partial charge in [0.1, 0.15) is 0 Å². The Kier molecular flexibility index (Phi) is 5.61. The van der Waals surface area contributed by atoms with Gasteiger partial charge in [-0.3, -0.25) is 0 Å². The van der Waals surface area contributed by atoms with Crippen molar-refractivity contribution in [2.45, 2.75) is 38.0 Å². The summed E-state index contributed by atoms with van der Waals surface area (Å²) in [7, 11) is 0. The Morgan fingerprint density at radius 3 is 2.90 bits per heavy atom. The van der Waals surface area contributed by atoms with Crippen LogP contribution in [0.25, 0.3) is 0 Å². The van der Waals surface area contributed by atoms with Crippen LogP contribution in [0.3, 0.4) is 0 Å². The summed E-state index contributed by atoms with van der Waals surface area (Å²) in [5, 5.41) is 7.36. The predicted octanol–water partition coefficient (Wildman–Crippen LogP) is 3.42. The molecule has 0 spiro atoms. The van der Waals surface area contributed by atoms with Gasteiger partial charge in [-0.05, 0) is 30.2 Å². The third kappa shape index (κ3) is 4.98. The summed E-state index contributed by atoms with van der Waals surface area (Å²) in [5.41, 5.74) is 1.31. The van der Waals surface area contributed by atoms with Crippen molar-refractivity contribution in [3.05, 3.63) is 41.5 Å². The average molecular weight is 291 g/mol. The Morgan fingerprint density at radius 2 is 2.20 bits per heavy atom. The smallest absolute Gasteiger partial charge is 0.223 e. The molecule has 1 aromatic carbocycles. The molecule has 5 heteroatoms. The number of aryl methyl sites for hydroxylation is 1. The maximum absolute atomic E-state index is 4.97. The second-order valence-electron chi connectivity index (χ2n) is 5.19. The number of hydrogen-bond donors (Lipinski definition) is 1. The number of nitrogens with zero attached hydrogens (tertiary/aromatic N) is 2. The largest absolute Gasteiger partial charge is 0.340 e. The molecule has 2 rings (SSSR count). The van der Waals surface area contributed by atoms with E-state index >= 15 is 0 Å². The molecule has 0 amide bonds.